The number of rotatable bonds is 1. The maximum atomic E-state index is 5.40. The summed E-state index contributed by atoms with van der Waals surface area (Å²) >= 11 is 3.42. The molecule has 0 fully saturated rings. The van der Waals surface area contributed by atoms with Crippen molar-refractivity contribution in [3.63, 3.8) is 0 Å². The molecule has 2 aromatic heterocycles. The number of thiophene rings is 1. The summed E-state index contributed by atoms with van der Waals surface area (Å²) < 4.78 is 5.40. The quantitative estimate of drug-likeness (QED) is 0.694. The van der Waals surface area contributed by atoms with E-state index in [1.807, 2.05) is 6.26 Å². The largest absolute Gasteiger partial charge is 0.354 e. The first kappa shape index (κ1) is 8.56. The van der Waals surface area contributed by atoms with Gasteiger partial charge in [0.25, 0.3) is 0 Å². The first-order valence-corrected chi connectivity index (χ1v) is 6.60. The highest BCUT2D eigenvalue weighted by molar-refractivity contribution is 7.98. The molecule has 0 N–H and O–H groups in total. The molecule has 2 heterocycles. The van der Waals surface area contributed by atoms with Gasteiger partial charge in [-0.1, -0.05) is 5.16 Å². The molecule has 1 aliphatic carbocycles. The molecule has 0 unspecified atom stereocenters. The van der Waals surface area contributed by atoms with Crippen LogP contribution in [0.2, 0.25) is 0 Å². The topological polar surface area (TPSA) is 26.0 Å². The lowest BCUT2D eigenvalue weighted by atomic mass is 9.98. The van der Waals surface area contributed by atoms with E-state index >= 15 is 0 Å². The van der Waals surface area contributed by atoms with Crippen molar-refractivity contribution in [1.82, 2.24) is 5.16 Å². The minimum atomic E-state index is 1.01. The average Bonchev–Trinajstić information content (AvgIpc) is 2.82. The van der Waals surface area contributed by atoms with Crippen LogP contribution < -0.4 is 0 Å². The molecular formula is C10H9NOS2. The Bertz CT molecular complexity index is 472. The molecule has 1 aliphatic rings. The number of fused-ring (bicyclic) bond motifs is 3. The van der Waals surface area contributed by atoms with Crippen molar-refractivity contribution in [1.29, 1.82) is 0 Å². The molecule has 4 heteroatoms. The molecule has 0 saturated carbocycles. The Morgan fingerprint density at radius 1 is 1.50 bits per heavy atom. The monoisotopic (exact) mass is 223 g/mol. The number of aromatic nitrogens is 1. The molecule has 0 bridgehead atoms. The molecule has 3 rings (SSSR count). The molecule has 0 amide bonds. The van der Waals surface area contributed by atoms with Gasteiger partial charge < -0.3 is 4.52 Å². The molecule has 0 saturated heterocycles. The number of hydrogen-bond donors (Lipinski definition) is 0. The van der Waals surface area contributed by atoms with Gasteiger partial charge in [-0.15, -0.1) is 23.1 Å². The van der Waals surface area contributed by atoms with Crippen molar-refractivity contribution in [3.8, 4) is 10.6 Å². The SMILES string of the molecule is CSc1noc2c1CCc1ccsc1-2. The minimum Gasteiger partial charge on any atom is -0.354 e. The first-order chi connectivity index (χ1) is 6.90. The maximum Gasteiger partial charge on any atom is 0.181 e. The second-order valence-electron chi connectivity index (χ2n) is 3.27. The highest BCUT2D eigenvalue weighted by Gasteiger charge is 2.24. The summed E-state index contributed by atoms with van der Waals surface area (Å²) in [7, 11) is 0. The second kappa shape index (κ2) is 3.14. The molecule has 0 aliphatic heterocycles. The molecule has 0 radical (unpaired) electrons. The summed E-state index contributed by atoms with van der Waals surface area (Å²) in [5.74, 6) is 1.01. The number of hydrogen-bond acceptors (Lipinski definition) is 4. The van der Waals surface area contributed by atoms with Gasteiger partial charge in [0.1, 0.15) is 5.03 Å². The van der Waals surface area contributed by atoms with Gasteiger partial charge in [0, 0.05) is 5.56 Å². The Morgan fingerprint density at radius 3 is 3.29 bits per heavy atom. The van der Waals surface area contributed by atoms with Gasteiger partial charge in [-0.2, -0.15) is 0 Å². The fourth-order valence-corrected chi connectivity index (χ4v) is 3.36. The Labute approximate surface area is 90.3 Å². The van der Waals surface area contributed by atoms with Crippen LogP contribution in [0.15, 0.2) is 21.0 Å². The van der Waals surface area contributed by atoms with Gasteiger partial charge in [0.05, 0.1) is 4.88 Å². The van der Waals surface area contributed by atoms with Crippen LogP contribution in [0.4, 0.5) is 0 Å². The maximum absolute atomic E-state index is 5.40. The summed E-state index contributed by atoms with van der Waals surface area (Å²) in [5, 5.41) is 7.27. The van der Waals surface area contributed by atoms with E-state index in [-0.39, 0.29) is 0 Å². The lowest BCUT2D eigenvalue weighted by Crippen LogP contribution is -1.99. The number of thioether (sulfide) groups is 1. The van der Waals surface area contributed by atoms with Crippen LogP contribution in [0.25, 0.3) is 10.6 Å². The number of aryl methyl sites for hydroxylation is 1. The highest BCUT2D eigenvalue weighted by atomic mass is 32.2. The molecule has 0 spiro atoms. The fraction of sp³-hybridized carbons (Fsp3) is 0.300. The van der Waals surface area contributed by atoms with Crippen molar-refractivity contribution in [2.24, 2.45) is 0 Å². The van der Waals surface area contributed by atoms with Crippen molar-refractivity contribution in [2.45, 2.75) is 17.9 Å². The van der Waals surface area contributed by atoms with E-state index in [0.717, 1.165) is 23.6 Å². The first-order valence-electron chi connectivity index (χ1n) is 4.49. The highest BCUT2D eigenvalue weighted by Crippen LogP contribution is 2.40. The van der Waals surface area contributed by atoms with Gasteiger partial charge in [0.15, 0.2) is 5.76 Å². The van der Waals surface area contributed by atoms with Crippen LogP contribution >= 0.6 is 23.1 Å². The molecule has 2 nitrogen and oxygen atoms in total. The van der Waals surface area contributed by atoms with Crippen molar-refractivity contribution in [3.05, 3.63) is 22.6 Å². The predicted octanol–water partition coefficient (Wildman–Crippen LogP) is 3.22. The summed E-state index contributed by atoms with van der Waals surface area (Å²) in [5.41, 5.74) is 2.71. The summed E-state index contributed by atoms with van der Waals surface area (Å²) in [6, 6.07) is 2.18. The zero-order chi connectivity index (χ0) is 9.54. The molecular weight excluding hydrogens is 214 g/mol. The summed E-state index contributed by atoms with van der Waals surface area (Å²) in [4.78, 5) is 1.28. The molecule has 2 aromatic rings. The van der Waals surface area contributed by atoms with E-state index in [9.17, 15) is 0 Å². The van der Waals surface area contributed by atoms with Crippen molar-refractivity contribution < 1.29 is 4.52 Å². The van der Waals surface area contributed by atoms with Gasteiger partial charge in [-0.05, 0) is 36.1 Å². The summed E-state index contributed by atoms with van der Waals surface area (Å²) in [6.45, 7) is 0. The average molecular weight is 223 g/mol. The van der Waals surface area contributed by atoms with E-state index in [2.05, 4.69) is 16.6 Å². The van der Waals surface area contributed by atoms with E-state index in [1.54, 1.807) is 23.1 Å². The second-order valence-corrected chi connectivity index (χ2v) is 4.99. The lowest BCUT2D eigenvalue weighted by molar-refractivity contribution is 0.416. The van der Waals surface area contributed by atoms with Crippen LogP contribution in [0.5, 0.6) is 0 Å². The van der Waals surface area contributed by atoms with Crippen molar-refractivity contribution >= 4 is 23.1 Å². The van der Waals surface area contributed by atoms with Gasteiger partial charge in [-0.3, -0.25) is 0 Å². The Hall–Kier alpha value is -0.740. The van der Waals surface area contributed by atoms with E-state index in [0.29, 0.717) is 0 Å². The Morgan fingerprint density at radius 2 is 2.43 bits per heavy atom. The van der Waals surface area contributed by atoms with Gasteiger partial charge in [0.2, 0.25) is 0 Å². The fourth-order valence-electron chi connectivity index (χ4n) is 1.85. The molecule has 0 atom stereocenters. The predicted molar refractivity (Wildman–Crippen MR) is 59.0 cm³/mol. The summed E-state index contributed by atoms with van der Waals surface area (Å²) in [6.07, 6.45) is 4.24. The normalized spacial score (nSPS) is 13.8. The van der Waals surface area contributed by atoms with E-state index in [1.165, 1.54) is 16.0 Å². The van der Waals surface area contributed by atoms with Crippen LogP contribution in [0.1, 0.15) is 11.1 Å². The minimum absolute atomic E-state index is 1.01. The van der Waals surface area contributed by atoms with Gasteiger partial charge >= 0.3 is 0 Å². The third kappa shape index (κ3) is 1.07. The number of nitrogens with zero attached hydrogens (tertiary/aromatic N) is 1. The zero-order valence-corrected chi connectivity index (χ0v) is 9.37. The molecule has 0 aromatic carbocycles. The van der Waals surface area contributed by atoms with Crippen LogP contribution in [0, 0.1) is 0 Å². The Balaban J connectivity index is 2.22. The Kier molecular flexibility index (Phi) is 1.92. The van der Waals surface area contributed by atoms with Crippen LogP contribution in [-0.4, -0.2) is 11.4 Å². The van der Waals surface area contributed by atoms with E-state index in [4.69, 9.17) is 4.52 Å². The zero-order valence-electron chi connectivity index (χ0n) is 7.74. The molecule has 14 heavy (non-hydrogen) atoms. The van der Waals surface area contributed by atoms with Crippen molar-refractivity contribution in [2.75, 3.05) is 6.26 Å². The third-order valence-electron chi connectivity index (χ3n) is 2.54. The van der Waals surface area contributed by atoms with E-state index < -0.39 is 0 Å². The van der Waals surface area contributed by atoms with Gasteiger partial charge in [-0.25, -0.2) is 0 Å². The standard InChI is InChI=1S/C10H9NOS2/c1-13-10-7-3-2-6-4-5-14-9(6)8(7)12-11-10/h4-5H,2-3H2,1H3. The smallest absolute Gasteiger partial charge is 0.181 e. The van der Waals surface area contributed by atoms with Crippen LogP contribution in [-0.2, 0) is 12.8 Å². The third-order valence-corrected chi connectivity index (χ3v) is 4.21. The molecule has 72 valence electrons. The lowest BCUT2D eigenvalue weighted by Gasteiger charge is -2.09. The van der Waals surface area contributed by atoms with Crippen LogP contribution in [0.3, 0.4) is 0 Å².